The minimum atomic E-state index is -0.988. The van der Waals surface area contributed by atoms with Crippen molar-refractivity contribution in [2.75, 3.05) is 0 Å². The van der Waals surface area contributed by atoms with Gasteiger partial charge in [-0.15, -0.1) is 0 Å². The molecule has 0 radical (unpaired) electrons. The zero-order valence-electron chi connectivity index (χ0n) is 13.9. The second kappa shape index (κ2) is 6.88. The molecule has 0 atom stereocenters. The predicted molar refractivity (Wildman–Crippen MR) is 88.1 cm³/mol. The molecule has 0 aliphatic heterocycles. The van der Waals surface area contributed by atoms with Gasteiger partial charge >= 0.3 is 0 Å². The van der Waals surface area contributed by atoms with Gasteiger partial charge < -0.3 is 0 Å². The summed E-state index contributed by atoms with van der Waals surface area (Å²) in [4.78, 5) is 16.4. The Morgan fingerprint density at radius 3 is 2.64 bits per heavy atom. The third-order valence-corrected chi connectivity index (χ3v) is 5.36. The van der Waals surface area contributed by atoms with Gasteiger partial charge in [-0.25, -0.2) is 14.3 Å². The lowest BCUT2D eigenvalue weighted by Crippen LogP contribution is -2.46. The van der Waals surface area contributed by atoms with E-state index < -0.39 is 11.3 Å². The van der Waals surface area contributed by atoms with E-state index in [1.807, 2.05) is 0 Å². The molecule has 1 aliphatic carbocycles. The second-order valence-corrected chi connectivity index (χ2v) is 6.65. The van der Waals surface area contributed by atoms with Crippen molar-refractivity contribution in [1.29, 1.82) is 0 Å². The Hall–Kier alpha value is -2.34. The van der Waals surface area contributed by atoms with Crippen molar-refractivity contribution in [2.45, 2.75) is 43.9 Å². The van der Waals surface area contributed by atoms with Gasteiger partial charge in [-0.2, -0.15) is 0 Å². The normalized spacial score (nSPS) is 23.3. The highest BCUT2D eigenvalue weighted by Crippen LogP contribution is 2.46. The average Bonchev–Trinajstić information content (AvgIpc) is 2.63. The van der Waals surface area contributed by atoms with Gasteiger partial charge in [0.15, 0.2) is 0 Å². The standard InChI is InChI=1S/C19H20F2N2O2/c1-12-16(3-2-4-17(12)21)19(18(24)23-25)7-5-13(6-8-19)14-9-15(20)11-22-10-14/h2-4,9-11,13,25H,5-8H2,1H3,(H,23,24). The Kier molecular flexibility index (Phi) is 4.81. The Morgan fingerprint density at radius 2 is 2.00 bits per heavy atom. The van der Waals surface area contributed by atoms with E-state index in [-0.39, 0.29) is 17.6 Å². The van der Waals surface area contributed by atoms with Crippen LogP contribution in [0.25, 0.3) is 0 Å². The number of amides is 1. The van der Waals surface area contributed by atoms with Gasteiger partial charge in [0.05, 0.1) is 11.6 Å². The summed E-state index contributed by atoms with van der Waals surface area (Å²) in [5, 5.41) is 9.24. The van der Waals surface area contributed by atoms with Crippen LogP contribution in [-0.2, 0) is 10.2 Å². The lowest BCUT2D eigenvalue weighted by atomic mass is 9.64. The number of aromatic nitrogens is 1. The van der Waals surface area contributed by atoms with Crippen molar-refractivity contribution in [3.8, 4) is 0 Å². The van der Waals surface area contributed by atoms with E-state index in [1.54, 1.807) is 30.7 Å². The van der Waals surface area contributed by atoms with Crippen LogP contribution in [0.1, 0.15) is 48.3 Å². The zero-order valence-corrected chi connectivity index (χ0v) is 13.9. The Labute approximate surface area is 144 Å². The number of nitrogens with zero attached hydrogens (tertiary/aromatic N) is 1. The van der Waals surface area contributed by atoms with E-state index >= 15 is 0 Å². The Bertz CT molecular complexity index is 787. The number of hydrogen-bond donors (Lipinski definition) is 2. The molecule has 1 aromatic carbocycles. The monoisotopic (exact) mass is 346 g/mol. The minimum Gasteiger partial charge on any atom is -0.289 e. The van der Waals surface area contributed by atoms with Gasteiger partial charge in [-0.1, -0.05) is 12.1 Å². The first-order valence-electron chi connectivity index (χ1n) is 8.28. The van der Waals surface area contributed by atoms with Crippen LogP contribution in [-0.4, -0.2) is 16.1 Å². The van der Waals surface area contributed by atoms with E-state index in [4.69, 9.17) is 0 Å². The fraction of sp³-hybridized carbons (Fsp3) is 0.368. The third kappa shape index (κ3) is 3.14. The highest BCUT2D eigenvalue weighted by atomic mass is 19.1. The van der Waals surface area contributed by atoms with Crippen LogP contribution in [0.4, 0.5) is 8.78 Å². The maximum absolute atomic E-state index is 14.0. The number of pyridine rings is 1. The molecule has 0 unspecified atom stereocenters. The third-order valence-electron chi connectivity index (χ3n) is 5.36. The summed E-state index contributed by atoms with van der Waals surface area (Å²) in [6.07, 6.45) is 4.91. The fourth-order valence-corrected chi connectivity index (χ4v) is 3.95. The summed E-state index contributed by atoms with van der Waals surface area (Å²) in [5.74, 6) is -1.21. The lowest BCUT2D eigenvalue weighted by molar-refractivity contribution is -0.136. The molecule has 25 heavy (non-hydrogen) atoms. The quantitative estimate of drug-likeness (QED) is 0.657. The largest absolute Gasteiger partial charge is 0.289 e. The highest BCUT2D eigenvalue weighted by molar-refractivity contribution is 5.88. The summed E-state index contributed by atoms with van der Waals surface area (Å²) >= 11 is 0. The van der Waals surface area contributed by atoms with Crippen LogP contribution in [0.2, 0.25) is 0 Å². The van der Waals surface area contributed by atoms with Crippen LogP contribution in [0.15, 0.2) is 36.7 Å². The summed E-state index contributed by atoms with van der Waals surface area (Å²) in [5.41, 5.74) is 2.57. The smallest absolute Gasteiger partial charge is 0.253 e. The molecule has 2 aromatic rings. The van der Waals surface area contributed by atoms with Gasteiger partial charge in [0.2, 0.25) is 0 Å². The van der Waals surface area contributed by atoms with E-state index in [0.717, 1.165) is 11.8 Å². The number of benzene rings is 1. The number of hydrogen-bond acceptors (Lipinski definition) is 3. The van der Waals surface area contributed by atoms with Gasteiger partial charge in [0, 0.05) is 6.20 Å². The van der Waals surface area contributed by atoms with Crippen LogP contribution in [0.5, 0.6) is 0 Å². The first kappa shape index (κ1) is 17.5. The molecule has 1 amide bonds. The maximum atomic E-state index is 14.0. The second-order valence-electron chi connectivity index (χ2n) is 6.65. The van der Waals surface area contributed by atoms with E-state index in [9.17, 15) is 18.8 Å². The summed E-state index contributed by atoms with van der Waals surface area (Å²) in [6, 6.07) is 6.13. The van der Waals surface area contributed by atoms with Crippen LogP contribution in [0.3, 0.4) is 0 Å². The topological polar surface area (TPSA) is 62.2 Å². The molecule has 132 valence electrons. The van der Waals surface area contributed by atoms with E-state index in [2.05, 4.69) is 4.98 Å². The molecule has 0 saturated heterocycles. The zero-order chi connectivity index (χ0) is 18.0. The number of halogens is 2. The molecule has 0 spiro atoms. The van der Waals surface area contributed by atoms with Gasteiger partial charge in [-0.3, -0.25) is 15.0 Å². The Balaban J connectivity index is 1.92. The van der Waals surface area contributed by atoms with Crippen molar-refractivity contribution in [2.24, 2.45) is 0 Å². The first-order chi connectivity index (χ1) is 12.0. The molecular weight excluding hydrogens is 326 g/mol. The van der Waals surface area contributed by atoms with Gasteiger partial charge in [-0.05, 0) is 67.3 Å². The number of carbonyl (C=O) groups excluding carboxylic acids is 1. The van der Waals surface area contributed by atoms with Crippen LogP contribution < -0.4 is 5.48 Å². The molecule has 6 heteroatoms. The number of hydroxylamine groups is 1. The molecule has 1 aromatic heterocycles. The molecule has 1 fully saturated rings. The van der Waals surface area contributed by atoms with Crippen molar-refractivity contribution in [3.05, 3.63) is 65.0 Å². The van der Waals surface area contributed by atoms with Crippen molar-refractivity contribution < 1.29 is 18.8 Å². The minimum absolute atomic E-state index is 0.0803. The molecule has 1 saturated carbocycles. The van der Waals surface area contributed by atoms with Gasteiger partial charge in [0.25, 0.3) is 5.91 Å². The Morgan fingerprint density at radius 1 is 1.28 bits per heavy atom. The molecule has 2 N–H and O–H groups in total. The van der Waals surface area contributed by atoms with E-state index in [0.29, 0.717) is 36.8 Å². The number of nitrogens with one attached hydrogen (secondary N) is 1. The van der Waals surface area contributed by atoms with E-state index in [1.165, 1.54) is 12.1 Å². The molecule has 1 aliphatic rings. The summed E-state index contributed by atoms with van der Waals surface area (Å²) < 4.78 is 27.4. The molecule has 3 rings (SSSR count). The molecule has 4 nitrogen and oxygen atoms in total. The number of rotatable bonds is 3. The molecule has 1 heterocycles. The van der Waals surface area contributed by atoms with Crippen LogP contribution >= 0.6 is 0 Å². The van der Waals surface area contributed by atoms with Crippen molar-refractivity contribution >= 4 is 5.91 Å². The van der Waals surface area contributed by atoms with Crippen molar-refractivity contribution in [3.63, 3.8) is 0 Å². The molecule has 0 bridgehead atoms. The van der Waals surface area contributed by atoms with Crippen LogP contribution in [0, 0.1) is 18.6 Å². The summed E-state index contributed by atoms with van der Waals surface area (Å²) in [7, 11) is 0. The van der Waals surface area contributed by atoms with Gasteiger partial charge in [0.1, 0.15) is 11.6 Å². The average molecular weight is 346 g/mol. The SMILES string of the molecule is Cc1c(F)cccc1C1(C(=O)NO)CCC(c2cncc(F)c2)CC1. The molecular formula is C19H20F2N2O2. The predicted octanol–water partition coefficient (Wildman–Crippen LogP) is 3.77. The van der Waals surface area contributed by atoms with Crippen molar-refractivity contribution in [1.82, 2.24) is 10.5 Å². The highest BCUT2D eigenvalue weighted by Gasteiger charge is 2.44. The first-order valence-corrected chi connectivity index (χ1v) is 8.28. The maximum Gasteiger partial charge on any atom is 0.253 e. The summed E-state index contributed by atoms with van der Waals surface area (Å²) in [6.45, 7) is 1.64. The fourth-order valence-electron chi connectivity index (χ4n) is 3.95. The number of carbonyl (C=O) groups is 1. The lowest BCUT2D eigenvalue weighted by Gasteiger charge is -2.39.